The van der Waals surface area contributed by atoms with Crippen LogP contribution in [0.25, 0.3) is 0 Å². The van der Waals surface area contributed by atoms with Crippen LogP contribution < -0.4 is 16.0 Å². The van der Waals surface area contributed by atoms with Crippen LogP contribution in [0.2, 0.25) is 0 Å². The number of para-hydroxylation sites is 1. The number of nitrogens with one attached hydrogen (secondary N) is 1. The second-order valence-electron chi connectivity index (χ2n) is 5.97. The summed E-state index contributed by atoms with van der Waals surface area (Å²) in [5, 5.41) is 4.28. The molecule has 1 heterocycles. The minimum Gasteiger partial charge on any atom is -0.496 e. The summed E-state index contributed by atoms with van der Waals surface area (Å²) in [6.07, 6.45) is 0.730. The lowest BCUT2D eigenvalue weighted by molar-refractivity contribution is 0.405. The molecule has 1 aromatic carbocycles. The van der Waals surface area contributed by atoms with Crippen LogP contribution in [0.5, 0.6) is 5.75 Å². The Morgan fingerprint density at radius 1 is 1.33 bits per heavy atom. The second-order valence-corrected chi connectivity index (χ2v) is 6.76. The van der Waals surface area contributed by atoms with Crippen molar-refractivity contribution in [3.8, 4) is 5.75 Å². The fourth-order valence-electron chi connectivity index (χ4n) is 2.26. The van der Waals surface area contributed by atoms with Gasteiger partial charge in [0.15, 0.2) is 0 Å². The quantitative estimate of drug-likeness (QED) is 0.656. The van der Waals surface area contributed by atoms with Gasteiger partial charge in [-0.15, -0.1) is 5.10 Å². The summed E-state index contributed by atoms with van der Waals surface area (Å²) in [6.45, 7) is 6.39. The first-order valence-electron chi connectivity index (χ1n) is 6.88. The van der Waals surface area contributed by atoms with Crippen LogP contribution in [-0.4, -0.2) is 16.7 Å². The zero-order chi connectivity index (χ0) is 15.5. The van der Waals surface area contributed by atoms with E-state index >= 15 is 0 Å². The zero-order valence-corrected chi connectivity index (χ0v) is 13.7. The normalized spacial score (nSPS) is 13.2. The Morgan fingerprint density at radius 3 is 2.67 bits per heavy atom. The summed E-state index contributed by atoms with van der Waals surface area (Å²) >= 11 is 1.40. The van der Waals surface area contributed by atoms with Crippen molar-refractivity contribution in [2.75, 3.05) is 7.11 Å². The first kappa shape index (κ1) is 15.9. The molecule has 0 amide bonds. The molecule has 0 radical (unpaired) electrons. The number of hydrogen-bond acceptors (Lipinski definition) is 6. The van der Waals surface area contributed by atoms with Crippen molar-refractivity contribution >= 4 is 11.5 Å². The Balaban J connectivity index is 2.31. The minimum absolute atomic E-state index is 0.0319. The molecule has 1 aromatic heterocycles. The first-order valence-corrected chi connectivity index (χ1v) is 7.65. The number of benzene rings is 1. The number of hydrogen-bond donors (Lipinski definition) is 2. The molecular formula is C15H22N4OS. The van der Waals surface area contributed by atoms with Gasteiger partial charge in [0.25, 0.3) is 0 Å². The van der Waals surface area contributed by atoms with Crippen LogP contribution in [0.1, 0.15) is 42.9 Å². The number of hydrazine groups is 1. The van der Waals surface area contributed by atoms with E-state index in [0.717, 1.165) is 28.3 Å². The van der Waals surface area contributed by atoms with Crippen molar-refractivity contribution in [1.82, 2.24) is 15.0 Å². The Hall–Kier alpha value is -1.50. The van der Waals surface area contributed by atoms with E-state index in [2.05, 4.69) is 35.8 Å². The van der Waals surface area contributed by atoms with E-state index in [1.165, 1.54) is 11.5 Å². The minimum atomic E-state index is -0.0573. The van der Waals surface area contributed by atoms with E-state index in [4.69, 9.17) is 10.6 Å². The maximum atomic E-state index is 5.78. The molecule has 0 aliphatic carbocycles. The first-order chi connectivity index (χ1) is 9.97. The van der Waals surface area contributed by atoms with Gasteiger partial charge in [-0.05, 0) is 29.6 Å². The summed E-state index contributed by atoms with van der Waals surface area (Å²) in [5.41, 5.74) is 4.93. The Kier molecular flexibility index (Phi) is 4.92. The molecule has 1 atom stereocenters. The third-order valence-electron chi connectivity index (χ3n) is 3.36. The van der Waals surface area contributed by atoms with E-state index < -0.39 is 0 Å². The lowest BCUT2D eigenvalue weighted by atomic mass is 9.89. The van der Waals surface area contributed by atoms with E-state index in [-0.39, 0.29) is 11.5 Å². The number of methoxy groups -OCH3 is 1. The molecule has 0 fully saturated rings. The fourth-order valence-corrected chi connectivity index (χ4v) is 3.19. The molecule has 5 nitrogen and oxygen atoms in total. The van der Waals surface area contributed by atoms with Gasteiger partial charge in [-0.25, -0.2) is 0 Å². The highest BCUT2D eigenvalue weighted by molar-refractivity contribution is 7.05. The van der Waals surface area contributed by atoms with Crippen molar-refractivity contribution in [1.29, 1.82) is 0 Å². The van der Waals surface area contributed by atoms with E-state index in [1.54, 1.807) is 7.11 Å². The van der Waals surface area contributed by atoms with Crippen LogP contribution >= 0.6 is 11.5 Å². The Morgan fingerprint density at radius 2 is 2.05 bits per heavy atom. The fraction of sp³-hybridized carbons (Fsp3) is 0.467. The van der Waals surface area contributed by atoms with Crippen molar-refractivity contribution in [3.05, 3.63) is 40.4 Å². The van der Waals surface area contributed by atoms with Crippen molar-refractivity contribution < 1.29 is 4.74 Å². The largest absolute Gasteiger partial charge is 0.496 e. The average molecular weight is 306 g/mol. The number of nitrogens with two attached hydrogens (primary N) is 1. The highest BCUT2D eigenvalue weighted by atomic mass is 32.1. The van der Waals surface area contributed by atoms with Gasteiger partial charge >= 0.3 is 0 Å². The van der Waals surface area contributed by atoms with Crippen molar-refractivity contribution in [2.45, 2.75) is 38.6 Å². The third kappa shape index (κ3) is 3.58. The molecule has 0 spiro atoms. The lowest BCUT2D eigenvalue weighted by Gasteiger charge is -2.22. The van der Waals surface area contributed by atoms with E-state index in [1.807, 2.05) is 24.3 Å². The van der Waals surface area contributed by atoms with Gasteiger partial charge in [-0.2, -0.15) is 0 Å². The second kappa shape index (κ2) is 6.51. The van der Waals surface area contributed by atoms with Gasteiger partial charge in [0.1, 0.15) is 5.75 Å². The highest BCUT2D eigenvalue weighted by Crippen LogP contribution is 2.33. The van der Waals surface area contributed by atoms with Crippen LogP contribution in [0, 0.1) is 0 Å². The monoisotopic (exact) mass is 306 g/mol. The number of aromatic nitrogens is 2. The summed E-state index contributed by atoms with van der Waals surface area (Å²) in [7, 11) is 1.68. The van der Waals surface area contributed by atoms with Gasteiger partial charge < -0.3 is 4.74 Å². The third-order valence-corrected chi connectivity index (χ3v) is 4.20. The maximum Gasteiger partial charge on any atom is 0.122 e. The smallest absolute Gasteiger partial charge is 0.122 e. The number of rotatable bonds is 5. The molecule has 0 bridgehead atoms. The summed E-state index contributed by atoms with van der Waals surface area (Å²) < 4.78 is 9.52. The predicted octanol–water partition coefficient (Wildman–Crippen LogP) is 2.59. The zero-order valence-electron chi connectivity index (χ0n) is 12.9. The summed E-state index contributed by atoms with van der Waals surface area (Å²) in [5.74, 6) is 6.64. The standard InChI is InChI=1S/C15H22N4OS/c1-15(2,3)14-13(21-19-18-14)11(17-16)9-10-7-5-6-8-12(10)20-4/h5-8,11,17H,9,16H2,1-4H3. The molecule has 0 saturated heterocycles. The Bertz CT molecular complexity index is 591. The molecule has 2 rings (SSSR count). The summed E-state index contributed by atoms with van der Waals surface area (Å²) in [4.78, 5) is 1.08. The molecule has 2 aromatic rings. The van der Waals surface area contributed by atoms with Crippen molar-refractivity contribution in [2.24, 2.45) is 5.84 Å². The van der Waals surface area contributed by atoms with Gasteiger partial charge in [0.2, 0.25) is 0 Å². The van der Waals surface area contributed by atoms with Crippen LogP contribution in [0.3, 0.4) is 0 Å². The van der Waals surface area contributed by atoms with Crippen LogP contribution in [0.4, 0.5) is 0 Å². The lowest BCUT2D eigenvalue weighted by Crippen LogP contribution is -2.31. The summed E-state index contributed by atoms with van der Waals surface area (Å²) in [6, 6.07) is 7.94. The molecule has 0 saturated carbocycles. The maximum absolute atomic E-state index is 5.78. The predicted molar refractivity (Wildman–Crippen MR) is 85.4 cm³/mol. The SMILES string of the molecule is COc1ccccc1CC(NN)c1snnc1C(C)(C)C. The molecule has 6 heteroatoms. The van der Waals surface area contributed by atoms with Gasteiger partial charge in [0.05, 0.1) is 23.7 Å². The van der Waals surface area contributed by atoms with Gasteiger partial charge in [0, 0.05) is 5.41 Å². The van der Waals surface area contributed by atoms with E-state index in [0.29, 0.717) is 0 Å². The highest BCUT2D eigenvalue weighted by Gasteiger charge is 2.27. The van der Waals surface area contributed by atoms with Gasteiger partial charge in [-0.1, -0.05) is 43.5 Å². The van der Waals surface area contributed by atoms with Crippen LogP contribution in [-0.2, 0) is 11.8 Å². The molecule has 0 aliphatic heterocycles. The number of ether oxygens (including phenoxy) is 1. The Labute approximate surface area is 129 Å². The average Bonchev–Trinajstić information content (AvgIpc) is 2.94. The molecule has 21 heavy (non-hydrogen) atoms. The van der Waals surface area contributed by atoms with Gasteiger partial charge in [-0.3, -0.25) is 11.3 Å². The molecular weight excluding hydrogens is 284 g/mol. The topological polar surface area (TPSA) is 73.1 Å². The van der Waals surface area contributed by atoms with Crippen molar-refractivity contribution in [3.63, 3.8) is 0 Å². The molecule has 114 valence electrons. The van der Waals surface area contributed by atoms with E-state index in [9.17, 15) is 0 Å². The molecule has 0 aliphatic rings. The molecule has 1 unspecified atom stereocenters. The molecule has 3 N–H and O–H groups in total. The van der Waals surface area contributed by atoms with Crippen LogP contribution in [0.15, 0.2) is 24.3 Å². The number of nitrogens with zero attached hydrogens (tertiary/aromatic N) is 2.